The molecule has 2 aliphatic heterocycles. The Balaban J connectivity index is 1.59. The van der Waals surface area contributed by atoms with E-state index < -0.39 is 21.7 Å². The standard InChI is InChI=1S/C23H22N4O6S2/c1-4-32-21(29)15-7-5-14(6-8-15)18-10-9-16(33-18)11-17-19(24)27-22(25-20(17)28)34-26-23(27)35(30,31)12-13(2)3/h5-11,13,24H,4,12H2,1-3H3/b17-11-,24-19?. The lowest BCUT2D eigenvalue weighted by molar-refractivity contribution is -0.114. The number of furan rings is 1. The summed E-state index contributed by atoms with van der Waals surface area (Å²) in [5.41, 5.74) is 0.980. The second-order valence-corrected chi connectivity index (χ2v) is 10.7. The van der Waals surface area contributed by atoms with Crippen molar-refractivity contribution in [3.8, 4) is 11.3 Å². The van der Waals surface area contributed by atoms with Crippen molar-refractivity contribution < 1.29 is 27.2 Å². The predicted octanol–water partition coefficient (Wildman–Crippen LogP) is 3.77. The van der Waals surface area contributed by atoms with Crippen LogP contribution in [0.15, 0.2) is 55.8 Å². The van der Waals surface area contributed by atoms with Gasteiger partial charge in [-0.2, -0.15) is 9.39 Å². The third kappa shape index (κ3) is 4.98. The highest BCUT2D eigenvalue weighted by Crippen LogP contribution is 2.31. The van der Waals surface area contributed by atoms with Crippen LogP contribution in [0.25, 0.3) is 17.4 Å². The molecule has 4 rings (SSSR count). The lowest BCUT2D eigenvalue weighted by Gasteiger charge is -2.24. The van der Waals surface area contributed by atoms with E-state index in [0.29, 0.717) is 16.9 Å². The molecule has 0 atom stereocenters. The number of carbonyl (C=O) groups excluding carboxylic acids is 2. The molecule has 3 heterocycles. The van der Waals surface area contributed by atoms with Crippen LogP contribution in [-0.4, -0.2) is 53.7 Å². The Morgan fingerprint density at radius 3 is 2.60 bits per heavy atom. The third-order valence-electron chi connectivity index (χ3n) is 4.92. The first kappa shape index (κ1) is 24.6. The van der Waals surface area contributed by atoms with Crippen molar-refractivity contribution in [2.24, 2.45) is 15.3 Å². The van der Waals surface area contributed by atoms with E-state index >= 15 is 0 Å². The molecule has 10 nitrogen and oxygen atoms in total. The topological polar surface area (TPSA) is 142 Å². The lowest BCUT2D eigenvalue weighted by atomic mass is 10.1. The van der Waals surface area contributed by atoms with Crippen molar-refractivity contribution in [2.45, 2.75) is 20.8 Å². The van der Waals surface area contributed by atoms with Crippen molar-refractivity contribution in [3.05, 3.63) is 53.3 Å². The molecule has 2 aliphatic rings. The average Bonchev–Trinajstić information content (AvgIpc) is 3.44. The number of benzene rings is 1. The van der Waals surface area contributed by atoms with Crippen molar-refractivity contribution in [3.63, 3.8) is 0 Å². The van der Waals surface area contributed by atoms with Gasteiger partial charge in [-0.3, -0.25) is 10.2 Å². The normalized spacial score (nSPS) is 17.0. The van der Waals surface area contributed by atoms with Crippen molar-refractivity contribution >= 4 is 55.9 Å². The molecule has 0 radical (unpaired) electrons. The maximum atomic E-state index is 12.8. The van der Waals surface area contributed by atoms with Gasteiger partial charge in [-0.1, -0.05) is 26.0 Å². The minimum atomic E-state index is -3.78. The summed E-state index contributed by atoms with van der Waals surface area (Å²) in [5.74, 6) is -0.987. The fraction of sp³-hybridized carbons (Fsp3) is 0.261. The van der Waals surface area contributed by atoms with E-state index in [1.54, 1.807) is 57.2 Å². The zero-order valence-corrected chi connectivity index (χ0v) is 20.8. The molecule has 35 heavy (non-hydrogen) atoms. The van der Waals surface area contributed by atoms with Crippen LogP contribution in [0.5, 0.6) is 0 Å². The third-order valence-corrected chi connectivity index (χ3v) is 7.67. The molecular formula is C23H22N4O6S2. The van der Waals surface area contributed by atoms with Crippen molar-refractivity contribution in [1.29, 1.82) is 5.41 Å². The number of ether oxygens (including phenoxy) is 1. The van der Waals surface area contributed by atoms with Crippen LogP contribution in [0.2, 0.25) is 0 Å². The maximum absolute atomic E-state index is 12.8. The molecule has 0 saturated carbocycles. The molecule has 0 fully saturated rings. The molecule has 0 spiro atoms. The van der Waals surface area contributed by atoms with Crippen LogP contribution in [0.1, 0.15) is 36.9 Å². The molecule has 0 bridgehead atoms. The van der Waals surface area contributed by atoms with E-state index in [1.165, 1.54) is 6.08 Å². The number of hydrogen-bond donors (Lipinski definition) is 1. The Hall–Kier alpha value is -3.51. The summed E-state index contributed by atoms with van der Waals surface area (Å²) < 4.78 is 40.3. The van der Waals surface area contributed by atoms with Crippen LogP contribution >= 0.6 is 11.9 Å². The number of carbonyl (C=O) groups is 2. The summed E-state index contributed by atoms with van der Waals surface area (Å²) in [6, 6.07) is 9.95. The first-order valence-electron chi connectivity index (χ1n) is 10.7. The van der Waals surface area contributed by atoms with Gasteiger partial charge in [-0.15, -0.1) is 0 Å². The summed E-state index contributed by atoms with van der Waals surface area (Å²) >= 11 is 0.751. The van der Waals surface area contributed by atoms with E-state index in [-0.39, 0.29) is 45.8 Å². The molecule has 12 heteroatoms. The SMILES string of the molecule is CCOC(=O)c1ccc(-c2ccc(/C=C3/C(=N)N4C(=NC3=O)SN=C4S(=O)(=O)CC(C)C)o2)cc1. The molecule has 1 N–H and O–H groups in total. The quantitative estimate of drug-likeness (QED) is 0.349. The number of nitrogens with zero attached hydrogens (tertiary/aromatic N) is 3. The van der Waals surface area contributed by atoms with Gasteiger partial charge in [-0.05, 0) is 43.2 Å². The molecule has 0 aliphatic carbocycles. The number of nitrogens with one attached hydrogen (secondary N) is 1. The van der Waals surface area contributed by atoms with Crippen LogP contribution in [0, 0.1) is 11.3 Å². The Morgan fingerprint density at radius 2 is 1.94 bits per heavy atom. The molecule has 0 saturated heterocycles. The molecule has 1 amide bonds. The first-order valence-corrected chi connectivity index (χ1v) is 13.1. The van der Waals surface area contributed by atoms with E-state index in [9.17, 15) is 18.0 Å². The molecular weight excluding hydrogens is 492 g/mol. The Morgan fingerprint density at radius 1 is 1.23 bits per heavy atom. The Kier molecular flexibility index (Phi) is 6.77. The van der Waals surface area contributed by atoms with E-state index in [4.69, 9.17) is 14.6 Å². The highest BCUT2D eigenvalue weighted by atomic mass is 32.2. The average molecular weight is 515 g/mol. The van der Waals surface area contributed by atoms with E-state index in [1.807, 2.05) is 0 Å². The first-order chi connectivity index (χ1) is 16.6. The largest absolute Gasteiger partial charge is 0.462 e. The zero-order chi connectivity index (χ0) is 25.3. The summed E-state index contributed by atoms with van der Waals surface area (Å²) in [6.07, 6.45) is 1.34. The zero-order valence-electron chi connectivity index (χ0n) is 19.1. The van der Waals surface area contributed by atoms with Gasteiger partial charge in [-0.25, -0.2) is 18.1 Å². The minimum absolute atomic E-state index is 0.0290. The highest BCUT2D eigenvalue weighted by molar-refractivity contribution is 8.16. The molecule has 1 aromatic carbocycles. The number of hydrogen-bond acceptors (Lipinski definition) is 9. The fourth-order valence-corrected chi connectivity index (χ4v) is 6.16. The number of amidine groups is 3. The number of sulfone groups is 1. The van der Waals surface area contributed by atoms with Crippen LogP contribution in [-0.2, 0) is 19.4 Å². The monoisotopic (exact) mass is 514 g/mol. The second kappa shape index (κ2) is 9.62. The number of amides is 1. The second-order valence-electron chi connectivity index (χ2n) is 8.08. The summed E-state index contributed by atoms with van der Waals surface area (Å²) in [6.45, 7) is 5.55. The molecule has 0 unspecified atom stereocenters. The summed E-state index contributed by atoms with van der Waals surface area (Å²) in [4.78, 5) is 29.4. The van der Waals surface area contributed by atoms with Crippen molar-refractivity contribution in [2.75, 3.05) is 12.4 Å². The van der Waals surface area contributed by atoms with Gasteiger partial charge in [0, 0.05) is 5.56 Å². The molecule has 2 aromatic rings. The minimum Gasteiger partial charge on any atom is -0.462 e. The molecule has 1 aromatic heterocycles. The van der Waals surface area contributed by atoms with Gasteiger partial charge in [0.25, 0.3) is 5.91 Å². The molecule has 182 valence electrons. The van der Waals surface area contributed by atoms with Gasteiger partial charge in [0.15, 0.2) is 0 Å². The predicted molar refractivity (Wildman–Crippen MR) is 134 cm³/mol. The van der Waals surface area contributed by atoms with E-state index in [0.717, 1.165) is 16.8 Å². The lowest BCUT2D eigenvalue weighted by Crippen LogP contribution is -2.46. The fourth-order valence-electron chi connectivity index (χ4n) is 3.43. The maximum Gasteiger partial charge on any atom is 0.338 e. The van der Waals surface area contributed by atoms with Gasteiger partial charge in [0.1, 0.15) is 17.4 Å². The van der Waals surface area contributed by atoms with Crippen LogP contribution in [0.4, 0.5) is 0 Å². The number of aliphatic imine (C=N–C) groups is 1. The Labute approximate surface area is 206 Å². The van der Waals surface area contributed by atoms with Gasteiger partial charge in [0.2, 0.25) is 20.2 Å². The number of rotatable bonds is 6. The van der Waals surface area contributed by atoms with Gasteiger partial charge < -0.3 is 9.15 Å². The Bertz CT molecular complexity index is 1400. The highest BCUT2D eigenvalue weighted by Gasteiger charge is 2.42. The summed E-state index contributed by atoms with van der Waals surface area (Å²) in [7, 11) is -3.78. The van der Waals surface area contributed by atoms with Gasteiger partial charge >= 0.3 is 5.97 Å². The van der Waals surface area contributed by atoms with Gasteiger partial charge in [0.05, 0.1) is 35.4 Å². The van der Waals surface area contributed by atoms with E-state index in [2.05, 4.69) is 9.39 Å². The van der Waals surface area contributed by atoms with Crippen molar-refractivity contribution in [1.82, 2.24) is 4.90 Å². The van der Waals surface area contributed by atoms with Crippen LogP contribution < -0.4 is 0 Å². The smallest absolute Gasteiger partial charge is 0.338 e. The number of fused-ring (bicyclic) bond motifs is 1. The summed E-state index contributed by atoms with van der Waals surface area (Å²) in [5, 5.41) is 8.25. The number of esters is 1. The van der Waals surface area contributed by atoms with Crippen LogP contribution in [0.3, 0.4) is 0 Å².